The molecular formula is C21H24FNO5S. The first-order valence-electron chi connectivity index (χ1n) is 9.48. The molecule has 1 fully saturated rings. The van der Waals surface area contributed by atoms with Crippen molar-refractivity contribution < 1.29 is 27.1 Å². The fourth-order valence-corrected chi connectivity index (χ4v) is 4.69. The van der Waals surface area contributed by atoms with Crippen LogP contribution >= 0.6 is 0 Å². The molecule has 0 N–H and O–H groups in total. The maximum atomic E-state index is 13.1. The van der Waals surface area contributed by atoms with Crippen LogP contribution in [-0.4, -0.2) is 45.0 Å². The summed E-state index contributed by atoms with van der Waals surface area (Å²) in [4.78, 5) is 12.4. The van der Waals surface area contributed by atoms with Gasteiger partial charge in [0.1, 0.15) is 24.8 Å². The van der Waals surface area contributed by atoms with Gasteiger partial charge in [0, 0.05) is 13.1 Å². The summed E-state index contributed by atoms with van der Waals surface area (Å²) < 4.78 is 50.6. The third kappa shape index (κ3) is 5.55. The van der Waals surface area contributed by atoms with E-state index < -0.39 is 27.7 Å². The average Bonchev–Trinajstić information content (AvgIpc) is 2.73. The molecule has 3 rings (SSSR count). The number of hydrogen-bond acceptors (Lipinski definition) is 5. The highest BCUT2D eigenvalue weighted by atomic mass is 32.2. The summed E-state index contributed by atoms with van der Waals surface area (Å²) in [5.41, 5.74) is 1.13. The van der Waals surface area contributed by atoms with Crippen molar-refractivity contribution in [2.75, 3.05) is 26.3 Å². The lowest BCUT2D eigenvalue weighted by Crippen LogP contribution is -2.42. The highest BCUT2D eigenvalue weighted by Gasteiger charge is 2.34. The molecular weight excluding hydrogens is 397 g/mol. The summed E-state index contributed by atoms with van der Waals surface area (Å²) in [6.07, 6.45) is 1.12. The average molecular weight is 421 g/mol. The van der Waals surface area contributed by atoms with Crippen molar-refractivity contribution in [3.05, 3.63) is 59.9 Å². The Hall–Kier alpha value is -2.45. The van der Waals surface area contributed by atoms with E-state index in [1.165, 1.54) is 16.4 Å². The van der Waals surface area contributed by atoms with Gasteiger partial charge in [-0.15, -0.1) is 0 Å². The molecule has 1 aliphatic heterocycles. The highest BCUT2D eigenvalue weighted by Crippen LogP contribution is 2.24. The van der Waals surface area contributed by atoms with Gasteiger partial charge in [-0.3, -0.25) is 4.79 Å². The third-order valence-electron chi connectivity index (χ3n) is 4.79. The van der Waals surface area contributed by atoms with Crippen LogP contribution in [0.25, 0.3) is 0 Å². The van der Waals surface area contributed by atoms with Gasteiger partial charge in [-0.05, 0) is 56.2 Å². The Bertz CT molecular complexity index is 929. The van der Waals surface area contributed by atoms with Gasteiger partial charge in [0.2, 0.25) is 10.0 Å². The first-order valence-corrected chi connectivity index (χ1v) is 10.9. The van der Waals surface area contributed by atoms with E-state index in [1.807, 2.05) is 31.2 Å². The van der Waals surface area contributed by atoms with Gasteiger partial charge in [-0.1, -0.05) is 17.7 Å². The number of nitrogens with zero attached hydrogens (tertiary/aromatic N) is 1. The van der Waals surface area contributed by atoms with E-state index in [9.17, 15) is 17.6 Å². The number of esters is 1. The van der Waals surface area contributed by atoms with Gasteiger partial charge < -0.3 is 9.47 Å². The van der Waals surface area contributed by atoms with E-state index in [1.54, 1.807) is 0 Å². The standard InChI is InChI=1S/C21H24FNO5S/c1-16-4-8-19(9-5-16)27-13-14-28-21(24)17-3-2-12-23(15-17)29(25,26)20-10-6-18(22)7-11-20/h4-11,17H,2-3,12-15H2,1H3. The van der Waals surface area contributed by atoms with E-state index in [0.717, 1.165) is 17.7 Å². The number of benzene rings is 2. The Balaban J connectivity index is 1.51. The zero-order chi connectivity index (χ0) is 20.9. The molecule has 29 heavy (non-hydrogen) atoms. The lowest BCUT2D eigenvalue weighted by atomic mass is 10.0. The number of piperidine rings is 1. The van der Waals surface area contributed by atoms with Crippen LogP contribution in [0.2, 0.25) is 0 Å². The quantitative estimate of drug-likeness (QED) is 0.507. The summed E-state index contributed by atoms with van der Waals surface area (Å²) >= 11 is 0. The van der Waals surface area contributed by atoms with Crippen LogP contribution in [-0.2, 0) is 19.6 Å². The van der Waals surface area contributed by atoms with Crippen molar-refractivity contribution in [1.82, 2.24) is 4.31 Å². The van der Waals surface area contributed by atoms with E-state index >= 15 is 0 Å². The van der Waals surface area contributed by atoms with Crippen LogP contribution < -0.4 is 4.74 Å². The first-order chi connectivity index (χ1) is 13.9. The van der Waals surface area contributed by atoms with Crippen LogP contribution in [0.4, 0.5) is 4.39 Å². The van der Waals surface area contributed by atoms with Gasteiger partial charge in [0.15, 0.2) is 0 Å². The van der Waals surface area contributed by atoms with Crippen molar-refractivity contribution in [3.8, 4) is 5.75 Å². The number of halogens is 1. The lowest BCUT2D eigenvalue weighted by Gasteiger charge is -2.30. The smallest absolute Gasteiger partial charge is 0.310 e. The number of aryl methyl sites for hydroxylation is 1. The zero-order valence-electron chi connectivity index (χ0n) is 16.2. The number of sulfonamides is 1. The van der Waals surface area contributed by atoms with Gasteiger partial charge >= 0.3 is 5.97 Å². The molecule has 1 saturated heterocycles. The van der Waals surface area contributed by atoms with Crippen LogP contribution in [0.3, 0.4) is 0 Å². The van der Waals surface area contributed by atoms with Gasteiger partial charge in [0.05, 0.1) is 10.8 Å². The minimum Gasteiger partial charge on any atom is -0.490 e. The Morgan fingerprint density at radius 1 is 1.10 bits per heavy atom. The molecule has 6 nitrogen and oxygen atoms in total. The molecule has 1 unspecified atom stereocenters. The fourth-order valence-electron chi connectivity index (χ4n) is 3.16. The molecule has 156 valence electrons. The largest absolute Gasteiger partial charge is 0.490 e. The second kappa shape index (κ2) is 9.37. The monoisotopic (exact) mass is 421 g/mol. The van der Waals surface area contributed by atoms with E-state index in [-0.39, 0.29) is 24.7 Å². The van der Waals surface area contributed by atoms with E-state index in [0.29, 0.717) is 25.1 Å². The first kappa shape index (κ1) is 21.3. The molecule has 1 aliphatic rings. The predicted molar refractivity (Wildman–Crippen MR) is 106 cm³/mol. The van der Waals surface area contributed by atoms with E-state index in [4.69, 9.17) is 9.47 Å². The minimum atomic E-state index is -3.78. The summed E-state index contributed by atoms with van der Waals surface area (Å²) in [5, 5.41) is 0. The number of rotatable bonds is 7. The van der Waals surface area contributed by atoms with Gasteiger partial charge in [-0.25, -0.2) is 12.8 Å². The van der Waals surface area contributed by atoms with Crippen molar-refractivity contribution in [3.63, 3.8) is 0 Å². The molecule has 0 saturated carbocycles. The van der Waals surface area contributed by atoms with Gasteiger partial charge in [-0.2, -0.15) is 4.31 Å². The number of carbonyl (C=O) groups is 1. The Morgan fingerprint density at radius 2 is 1.79 bits per heavy atom. The molecule has 0 amide bonds. The Kier molecular flexibility index (Phi) is 6.87. The molecule has 0 aliphatic carbocycles. The molecule has 2 aromatic rings. The predicted octanol–water partition coefficient (Wildman–Crippen LogP) is 3.16. The van der Waals surface area contributed by atoms with Crippen LogP contribution in [0, 0.1) is 18.7 Å². The topological polar surface area (TPSA) is 72.9 Å². The lowest BCUT2D eigenvalue weighted by molar-refractivity contribution is -0.150. The fraction of sp³-hybridized carbons (Fsp3) is 0.381. The SMILES string of the molecule is Cc1ccc(OCCOC(=O)C2CCCN(S(=O)(=O)c3ccc(F)cc3)C2)cc1. The second-order valence-electron chi connectivity index (χ2n) is 6.99. The molecule has 2 aromatic carbocycles. The molecule has 1 atom stereocenters. The summed E-state index contributed by atoms with van der Waals surface area (Å²) in [6, 6.07) is 12.2. The Morgan fingerprint density at radius 3 is 2.48 bits per heavy atom. The van der Waals surface area contributed by atoms with Crippen molar-refractivity contribution >= 4 is 16.0 Å². The molecule has 8 heteroatoms. The molecule has 0 spiro atoms. The third-order valence-corrected chi connectivity index (χ3v) is 6.67. The van der Waals surface area contributed by atoms with Crippen LogP contribution in [0.5, 0.6) is 5.75 Å². The number of ether oxygens (including phenoxy) is 2. The normalized spacial score (nSPS) is 17.7. The van der Waals surface area contributed by atoms with Gasteiger partial charge in [0.25, 0.3) is 0 Å². The summed E-state index contributed by atoms with van der Waals surface area (Å²) in [6.45, 7) is 2.67. The summed E-state index contributed by atoms with van der Waals surface area (Å²) in [5.74, 6) is -0.771. The Labute approximate surface area is 170 Å². The number of carbonyl (C=O) groups excluding carboxylic acids is 1. The van der Waals surface area contributed by atoms with Crippen molar-refractivity contribution in [2.24, 2.45) is 5.92 Å². The molecule has 0 aromatic heterocycles. The summed E-state index contributed by atoms with van der Waals surface area (Å²) in [7, 11) is -3.78. The van der Waals surface area contributed by atoms with E-state index in [2.05, 4.69) is 0 Å². The molecule has 1 heterocycles. The van der Waals surface area contributed by atoms with Crippen LogP contribution in [0.1, 0.15) is 18.4 Å². The van der Waals surface area contributed by atoms with Crippen molar-refractivity contribution in [2.45, 2.75) is 24.7 Å². The minimum absolute atomic E-state index is 0.0133. The second-order valence-corrected chi connectivity index (χ2v) is 8.92. The number of hydrogen-bond donors (Lipinski definition) is 0. The van der Waals surface area contributed by atoms with Crippen LogP contribution in [0.15, 0.2) is 53.4 Å². The maximum Gasteiger partial charge on any atom is 0.310 e. The van der Waals surface area contributed by atoms with Crippen molar-refractivity contribution in [1.29, 1.82) is 0 Å². The zero-order valence-corrected chi connectivity index (χ0v) is 17.0. The highest BCUT2D eigenvalue weighted by molar-refractivity contribution is 7.89. The maximum absolute atomic E-state index is 13.1. The molecule has 0 radical (unpaired) electrons. The molecule has 0 bridgehead atoms.